The number of rotatable bonds is 5. The van der Waals surface area contributed by atoms with E-state index in [-0.39, 0.29) is 19.4 Å². The molecule has 1 unspecified atom stereocenters. The Morgan fingerprint density at radius 2 is 1.67 bits per heavy atom. The van der Waals surface area contributed by atoms with Crippen molar-refractivity contribution < 1.29 is 35.7 Å². The molecule has 0 saturated heterocycles. The summed E-state index contributed by atoms with van der Waals surface area (Å²) in [5.74, 6) is -3.36. The lowest BCUT2D eigenvalue weighted by Gasteiger charge is -2.49. The second-order valence-corrected chi connectivity index (χ2v) is 4.80. The molecule has 1 rings (SSSR count). The smallest absolute Gasteiger partial charge is 0.233 e. The van der Waals surface area contributed by atoms with Gasteiger partial charge in [0.05, 0.1) is 19.3 Å². The summed E-state index contributed by atoms with van der Waals surface area (Å²) in [6.45, 7) is -1.40. The van der Waals surface area contributed by atoms with Crippen LogP contribution in [0, 0.1) is 5.92 Å². The van der Waals surface area contributed by atoms with E-state index < -0.39 is 42.8 Å². The van der Waals surface area contributed by atoms with Gasteiger partial charge in [-0.05, 0) is 12.3 Å². The zero-order chi connectivity index (χ0) is 14.0. The zero-order valence-electron chi connectivity index (χ0n) is 9.90. The molecule has 18 heavy (non-hydrogen) atoms. The lowest BCUT2D eigenvalue weighted by molar-refractivity contribution is -0.349. The molecule has 0 spiro atoms. The summed E-state index contributed by atoms with van der Waals surface area (Å²) in [5, 5.41) is 68.5. The molecule has 108 valence electrons. The molecule has 0 amide bonds. The first-order valence-corrected chi connectivity index (χ1v) is 5.76. The first-order valence-electron chi connectivity index (χ1n) is 5.76. The molecule has 3 atom stereocenters. The van der Waals surface area contributed by atoms with E-state index in [0.717, 1.165) is 0 Å². The first-order chi connectivity index (χ1) is 8.30. The molecule has 1 aliphatic rings. The SMILES string of the molecule is OCC1C[C@H](O)C(O)(O)[C@](O)(NC(CO)CO)C1. The maximum atomic E-state index is 10.2. The minimum absolute atomic E-state index is 0.0730. The van der Waals surface area contributed by atoms with E-state index in [2.05, 4.69) is 5.32 Å². The predicted octanol–water partition coefficient (Wildman–Crippen LogP) is -3.94. The Bertz CT molecular complexity index is 271. The van der Waals surface area contributed by atoms with Gasteiger partial charge < -0.3 is 35.7 Å². The second-order valence-electron chi connectivity index (χ2n) is 4.80. The summed E-state index contributed by atoms with van der Waals surface area (Å²) in [7, 11) is 0. The third kappa shape index (κ3) is 2.81. The molecule has 0 radical (unpaired) electrons. The van der Waals surface area contributed by atoms with E-state index in [0.29, 0.717) is 0 Å². The number of hydrogen-bond donors (Lipinski definition) is 8. The fraction of sp³-hybridized carbons (Fsp3) is 1.00. The maximum absolute atomic E-state index is 10.2. The Kier molecular flexibility index (Phi) is 5.04. The lowest BCUT2D eigenvalue weighted by atomic mass is 9.76. The third-order valence-electron chi connectivity index (χ3n) is 3.36. The van der Waals surface area contributed by atoms with Gasteiger partial charge in [-0.15, -0.1) is 0 Å². The molecule has 8 N–H and O–H groups in total. The molecule has 8 heteroatoms. The Balaban J connectivity index is 2.91. The molecule has 0 bridgehead atoms. The van der Waals surface area contributed by atoms with E-state index in [1.165, 1.54) is 0 Å². The topological polar surface area (TPSA) is 154 Å². The van der Waals surface area contributed by atoms with Gasteiger partial charge in [-0.1, -0.05) is 0 Å². The molecule has 8 nitrogen and oxygen atoms in total. The standard InChI is InChI=1S/C10H21NO7/c12-3-6-1-8(15)10(17,18)9(16,2-6)11-7(4-13)5-14/h6-8,11-18H,1-5H2/t6?,8-,9-/m0/s1. The normalized spacial score (nSPS) is 36.0. The summed E-state index contributed by atoms with van der Waals surface area (Å²) >= 11 is 0. The number of aliphatic hydroxyl groups excluding tert-OH is 4. The van der Waals surface area contributed by atoms with Crippen molar-refractivity contribution in [2.75, 3.05) is 19.8 Å². The van der Waals surface area contributed by atoms with Gasteiger partial charge >= 0.3 is 0 Å². The molecular formula is C10H21NO7. The van der Waals surface area contributed by atoms with Crippen LogP contribution in [0.4, 0.5) is 0 Å². The Labute approximate surface area is 104 Å². The predicted molar refractivity (Wildman–Crippen MR) is 59.0 cm³/mol. The third-order valence-corrected chi connectivity index (χ3v) is 3.36. The van der Waals surface area contributed by atoms with Crippen LogP contribution in [0.2, 0.25) is 0 Å². The van der Waals surface area contributed by atoms with Crippen molar-refractivity contribution in [3.63, 3.8) is 0 Å². The molecule has 0 aromatic rings. The molecule has 1 aliphatic carbocycles. The van der Waals surface area contributed by atoms with Crippen LogP contribution in [0.1, 0.15) is 12.8 Å². The lowest BCUT2D eigenvalue weighted by Crippen LogP contribution is -2.73. The van der Waals surface area contributed by atoms with Crippen molar-refractivity contribution in [3.05, 3.63) is 0 Å². The van der Waals surface area contributed by atoms with Crippen molar-refractivity contribution >= 4 is 0 Å². The second kappa shape index (κ2) is 5.76. The van der Waals surface area contributed by atoms with Crippen LogP contribution in [0.25, 0.3) is 0 Å². The Hall–Kier alpha value is -0.320. The van der Waals surface area contributed by atoms with Gasteiger partial charge in [0.1, 0.15) is 6.10 Å². The summed E-state index contributed by atoms with van der Waals surface area (Å²) in [6.07, 6.45) is -1.96. The maximum Gasteiger partial charge on any atom is 0.233 e. The van der Waals surface area contributed by atoms with Gasteiger partial charge in [0.25, 0.3) is 0 Å². The van der Waals surface area contributed by atoms with Crippen molar-refractivity contribution in [1.82, 2.24) is 5.32 Å². The molecule has 1 fully saturated rings. The molecule has 1 saturated carbocycles. The first kappa shape index (κ1) is 15.7. The van der Waals surface area contributed by atoms with Crippen LogP contribution in [-0.2, 0) is 0 Å². The average Bonchev–Trinajstić information content (AvgIpc) is 2.33. The highest BCUT2D eigenvalue weighted by atomic mass is 16.6. The fourth-order valence-corrected chi connectivity index (χ4v) is 2.20. The highest BCUT2D eigenvalue weighted by molar-refractivity contribution is 5.02. The van der Waals surface area contributed by atoms with Crippen molar-refractivity contribution in [3.8, 4) is 0 Å². The molecule has 0 aromatic heterocycles. The fourth-order valence-electron chi connectivity index (χ4n) is 2.20. The summed E-state index contributed by atoms with van der Waals surface area (Å²) in [4.78, 5) is 0. The summed E-state index contributed by atoms with van der Waals surface area (Å²) in [5.41, 5.74) is -2.33. The van der Waals surface area contributed by atoms with E-state index >= 15 is 0 Å². The monoisotopic (exact) mass is 267 g/mol. The highest BCUT2D eigenvalue weighted by Crippen LogP contribution is 2.37. The quantitative estimate of drug-likeness (QED) is 0.235. The minimum atomic E-state index is -2.83. The van der Waals surface area contributed by atoms with Gasteiger partial charge in [0.15, 0.2) is 5.72 Å². The molecule has 0 aromatic carbocycles. The average molecular weight is 267 g/mol. The van der Waals surface area contributed by atoms with Crippen LogP contribution >= 0.6 is 0 Å². The Morgan fingerprint density at radius 1 is 1.11 bits per heavy atom. The van der Waals surface area contributed by atoms with Crippen LogP contribution in [0.5, 0.6) is 0 Å². The highest BCUT2D eigenvalue weighted by Gasteiger charge is 2.58. The van der Waals surface area contributed by atoms with Crippen LogP contribution in [-0.4, -0.2) is 79.2 Å². The number of aliphatic hydroxyl groups is 7. The number of hydrogen-bond acceptors (Lipinski definition) is 8. The largest absolute Gasteiger partial charge is 0.396 e. The van der Waals surface area contributed by atoms with Crippen molar-refractivity contribution in [1.29, 1.82) is 0 Å². The number of nitrogens with one attached hydrogen (secondary N) is 1. The van der Waals surface area contributed by atoms with E-state index in [1.807, 2.05) is 0 Å². The van der Waals surface area contributed by atoms with Crippen molar-refractivity contribution in [2.45, 2.75) is 36.5 Å². The van der Waals surface area contributed by atoms with Gasteiger partial charge in [-0.25, -0.2) is 0 Å². The van der Waals surface area contributed by atoms with E-state index in [1.54, 1.807) is 0 Å². The van der Waals surface area contributed by atoms with Crippen LogP contribution in [0.15, 0.2) is 0 Å². The Morgan fingerprint density at radius 3 is 2.11 bits per heavy atom. The van der Waals surface area contributed by atoms with E-state index in [4.69, 9.17) is 15.3 Å². The summed E-state index contributed by atoms with van der Waals surface area (Å²) < 4.78 is 0. The van der Waals surface area contributed by atoms with E-state index in [9.17, 15) is 20.4 Å². The summed E-state index contributed by atoms with van der Waals surface area (Å²) in [6, 6.07) is -0.974. The molecular weight excluding hydrogens is 246 g/mol. The van der Waals surface area contributed by atoms with Gasteiger partial charge in [-0.3, -0.25) is 5.32 Å². The van der Waals surface area contributed by atoms with Crippen LogP contribution < -0.4 is 5.32 Å². The van der Waals surface area contributed by atoms with Crippen LogP contribution in [0.3, 0.4) is 0 Å². The van der Waals surface area contributed by atoms with Gasteiger partial charge in [0.2, 0.25) is 5.79 Å². The molecule has 0 heterocycles. The zero-order valence-corrected chi connectivity index (χ0v) is 9.90. The molecule has 0 aliphatic heterocycles. The minimum Gasteiger partial charge on any atom is -0.396 e. The van der Waals surface area contributed by atoms with Crippen molar-refractivity contribution in [2.24, 2.45) is 5.92 Å². The van der Waals surface area contributed by atoms with Gasteiger partial charge in [0, 0.05) is 13.0 Å². The van der Waals surface area contributed by atoms with Gasteiger partial charge in [-0.2, -0.15) is 0 Å².